The molecule has 0 saturated heterocycles. The monoisotopic (exact) mass is 408 g/mol. The molecule has 4 aromatic rings. The molecule has 0 spiro atoms. The lowest BCUT2D eigenvalue weighted by Gasteiger charge is -2.08. The number of aromatic hydroxyl groups is 1. The maximum absolute atomic E-state index is 10.2. The molecular weight excluding hydrogens is 388 g/mol. The summed E-state index contributed by atoms with van der Waals surface area (Å²) in [5, 5.41) is 22.3. The maximum atomic E-state index is 10.2. The highest BCUT2D eigenvalue weighted by Crippen LogP contribution is 2.31. The lowest BCUT2D eigenvalue weighted by Crippen LogP contribution is -2.10. The number of anilines is 1. The summed E-state index contributed by atoms with van der Waals surface area (Å²) in [7, 11) is 0. The molecule has 148 valence electrons. The molecule has 0 aliphatic rings. The number of aryl methyl sites for hydroxylation is 1. The Kier molecular flexibility index (Phi) is 5.50. The van der Waals surface area contributed by atoms with Gasteiger partial charge in [0.05, 0.1) is 28.7 Å². The van der Waals surface area contributed by atoms with E-state index in [-0.39, 0.29) is 5.75 Å². The molecule has 4 rings (SSSR count). The number of phenols is 1. The summed E-state index contributed by atoms with van der Waals surface area (Å²) in [6.07, 6.45) is 1.54. The van der Waals surface area contributed by atoms with E-state index in [0.29, 0.717) is 36.9 Å². The lowest BCUT2D eigenvalue weighted by atomic mass is 10.1. The van der Waals surface area contributed by atoms with Gasteiger partial charge in [0.25, 0.3) is 0 Å². The zero-order valence-corrected chi connectivity index (χ0v) is 16.6. The van der Waals surface area contributed by atoms with E-state index in [1.807, 2.05) is 31.2 Å². The Morgan fingerprint density at radius 1 is 1.21 bits per heavy atom. The fourth-order valence-corrected chi connectivity index (χ4v) is 3.82. The number of nitrogens with one attached hydrogen (secondary N) is 1. The summed E-state index contributed by atoms with van der Waals surface area (Å²) in [5.74, 6) is 1.29. The van der Waals surface area contributed by atoms with E-state index in [1.54, 1.807) is 23.5 Å². The topological polar surface area (TPSA) is 119 Å². The fourth-order valence-electron chi connectivity index (χ4n) is 2.94. The molecule has 4 N–H and O–H groups in total. The first-order chi connectivity index (χ1) is 14.1. The summed E-state index contributed by atoms with van der Waals surface area (Å²) in [5.41, 5.74) is 8.47. The number of hydrogen-bond donors (Lipinski definition) is 3. The molecule has 0 atom stereocenters. The third-order valence-corrected chi connectivity index (χ3v) is 5.29. The normalized spacial score (nSPS) is 11.0. The van der Waals surface area contributed by atoms with Crippen LogP contribution in [0.25, 0.3) is 21.5 Å². The van der Waals surface area contributed by atoms with Gasteiger partial charge in [0.15, 0.2) is 0 Å². The van der Waals surface area contributed by atoms with Crippen molar-refractivity contribution >= 4 is 27.5 Å². The SMILES string of the molecule is Cc1cccc(O)c1-c1cnnc(NCc2nc3cc(OCCN)ccc3s2)n1. The van der Waals surface area contributed by atoms with E-state index in [4.69, 9.17) is 10.5 Å². The van der Waals surface area contributed by atoms with Crippen LogP contribution in [0.5, 0.6) is 11.5 Å². The number of phenolic OH excluding ortho intramolecular Hbond substituents is 1. The zero-order chi connectivity index (χ0) is 20.2. The largest absolute Gasteiger partial charge is 0.507 e. The number of fused-ring (bicyclic) bond motifs is 1. The Balaban J connectivity index is 1.50. The van der Waals surface area contributed by atoms with Crippen molar-refractivity contribution in [3.63, 3.8) is 0 Å². The molecule has 8 nitrogen and oxygen atoms in total. The second kappa shape index (κ2) is 8.38. The molecule has 0 aliphatic carbocycles. The Bertz CT molecular complexity index is 1130. The first-order valence-electron chi connectivity index (χ1n) is 9.09. The first-order valence-corrected chi connectivity index (χ1v) is 9.90. The van der Waals surface area contributed by atoms with Crippen molar-refractivity contribution in [3.05, 3.63) is 53.2 Å². The molecular formula is C20H20N6O2S. The molecule has 29 heavy (non-hydrogen) atoms. The quantitative estimate of drug-likeness (QED) is 0.427. The van der Waals surface area contributed by atoms with Gasteiger partial charge in [-0.05, 0) is 30.7 Å². The minimum atomic E-state index is 0.162. The minimum absolute atomic E-state index is 0.162. The molecule has 9 heteroatoms. The van der Waals surface area contributed by atoms with Gasteiger partial charge < -0.3 is 20.9 Å². The number of benzene rings is 2. The van der Waals surface area contributed by atoms with Crippen LogP contribution in [0.2, 0.25) is 0 Å². The Hall–Kier alpha value is -3.30. The van der Waals surface area contributed by atoms with Crippen LogP contribution in [0.1, 0.15) is 10.6 Å². The highest BCUT2D eigenvalue weighted by molar-refractivity contribution is 7.18. The smallest absolute Gasteiger partial charge is 0.243 e. The van der Waals surface area contributed by atoms with Crippen molar-refractivity contribution < 1.29 is 9.84 Å². The minimum Gasteiger partial charge on any atom is -0.507 e. The number of nitrogens with two attached hydrogens (primary N) is 1. The van der Waals surface area contributed by atoms with Gasteiger partial charge in [-0.15, -0.1) is 16.4 Å². The van der Waals surface area contributed by atoms with Gasteiger partial charge >= 0.3 is 0 Å². The lowest BCUT2D eigenvalue weighted by molar-refractivity contribution is 0.329. The van der Waals surface area contributed by atoms with Crippen LogP contribution in [0.4, 0.5) is 5.95 Å². The van der Waals surface area contributed by atoms with Gasteiger partial charge in [-0.1, -0.05) is 12.1 Å². The number of aromatic nitrogens is 4. The summed E-state index contributed by atoms with van der Waals surface area (Å²) >= 11 is 1.58. The Labute approximate surface area is 171 Å². The van der Waals surface area contributed by atoms with Crippen LogP contribution in [-0.2, 0) is 6.54 Å². The van der Waals surface area contributed by atoms with E-state index in [9.17, 15) is 5.11 Å². The molecule has 2 aromatic carbocycles. The third kappa shape index (κ3) is 4.25. The van der Waals surface area contributed by atoms with Crippen molar-refractivity contribution in [3.8, 4) is 22.8 Å². The van der Waals surface area contributed by atoms with Crippen LogP contribution in [0.15, 0.2) is 42.6 Å². The van der Waals surface area contributed by atoms with Gasteiger partial charge in [-0.3, -0.25) is 0 Å². The average molecular weight is 408 g/mol. The number of rotatable bonds is 7. The Morgan fingerprint density at radius 3 is 2.93 bits per heavy atom. The number of nitrogens with zero attached hydrogens (tertiary/aromatic N) is 4. The van der Waals surface area contributed by atoms with Crippen LogP contribution >= 0.6 is 11.3 Å². The van der Waals surface area contributed by atoms with E-state index >= 15 is 0 Å². The fraction of sp³-hybridized carbons (Fsp3) is 0.200. The maximum Gasteiger partial charge on any atom is 0.243 e. The first kappa shape index (κ1) is 19.0. The molecule has 2 heterocycles. The molecule has 2 aromatic heterocycles. The Morgan fingerprint density at radius 2 is 2.10 bits per heavy atom. The summed E-state index contributed by atoms with van der Waals surface area (Å²) in [6, 6.07) is 11.1. The summed E-state index contributed by atoms with van der Waals surface area (Å²) in [6.45, 7) is 3.32. The molecule has 0 aliphatic heterocycles. The van der Waals surface area contributed by atoms with Gasteiger partial charge in [-0.25, -0.2) is 9.97 Å². The zero-order valence-electron chi connectivity index (χ0n) is 15.8. The predicted octanol–water partition coefficient (Wildman–Crippen LogP) is 3.11. The number of hydrogen-bond acceptors (Lipinski definition) is 9. The third-order valence-electron chi connectivity index (χ3n) is 4.25. The second-order valence-electron chi connectivity index (χ2n) is 6.36. The summed E-state index contributed by atoms with van der Waals surface area (Å²) < 4.78 is 6.62. The van der Waals surface area contributed by atoms with Crippen LogP contribution in [-0.4, -0.2) is 38.4 Å². The van der Waals surface area contributed by atoms with Crippen LogP contribution in [0.3, 0.4) is 0 Å². The average Bonchev–Trinajstić information content (AvgIpc) is 3.13. The molecule has 0 fully saturated rings. The van der Waals surface area contributed by atoms with Gasteiger partial charge in [-0.2, -0.15) is 5.10 Å². The van der Waals surface area contributed by atoms with Crippen molar-refractivity contribution in [1.82, 2.24) is 20.2 Å². The van der Waals surface area contributed by atoms with Crippen molar-refractivity contribution in [2.75, 3.05) is 18.5 Å². The molecule has 0 bridgehead atoms. The van der Waals surface area contributed by atoms with Gasteiger partial charge in [0.1, 0.15) is 23.1 Å². The van der Waals surface area contributed by atoms with Crippen LogP contribution in [0, 0.1) is 6.92 Å². The van der Waals surface area contributed by atoms with Crippen molar-refractivity contribution in [2.45, 2.75) is 13.5 Å². The molecule has 0 unspecified atom stereocenters. The predicted molar refractivity (Wildman–Crippen MR) is 113 cm³/mol. The van der Waals surface area contributed by atoms with Crippen molar-refractivity contribution in [2.24, 2.45) is 5.73 Å². The highest BCUT2D eigenvalue weighted by atomic mass is 32.1. The number of ether oxygens (including phenoxy) is 1. The summed E-state index contributed by atoms with van der Waals surface area (Å²) in [4.78, 5) is 9.12. The van der Waals surface area contributed by atoms with E-state index < -0.39 is 0 Å². The standard InChI is InChI=1S/C20H20N6O2S/c1-12-3-2-4-16(27)19(12)15-10-23-26-20(25-15)22-11-18-24-14-9-13(28-8-7-21)5-6-17(14)29-18/h2-6,9-10,27H,7-8,11,21H2,1H3,(H,22,25,26). The molecule has 0 amide bonds. The van der Waals surface area contributed by atoms with Crippen LogP contribution < -0.4 is 15.8 Å². The molecule has 0 saturated carbocycles. The molecule has 0 radical (unpaired) electrons. The second-order valence-corrected chi connectivity index (χ2v) is 7.48. The number of thiazole rings is 1. The van der Waals surface area contributed by atoms with Gasteiger partial charge in [0.2, 0.25) is 5.95 Å². The van der Waals surface area contributed by atoms with Gasteiger partial charge in [0, 0.05) is 18.2 Å². The van der Waals surface area contributed by atoms with E-state index in [2.05, 4.69) is 25.5 Å². The van der Waals surface area contributed by atoms with E-state index in [1.165, 1.54) is 6.20 Å². The highest BCUT2D eigenvalue weighted by Gasteiger charge is 2.11. The van der Waals surface area contributed by atoms with E-state index in [0.717, 1.165) is 26.5 Å². The van der Waals surface area contributed by atoms with Crippen molar-refractivity contribution in [1.29, 1.82) is 0 Å².